The summed E-state index contributed by atoms with van der Waals surface area (Å²) in [6, 6.07) is 3.72. The maximum Gasteiger partial charge on any atom is 0.162 e. The van der Waals surface area contributed by atoms with E-state index < -0.39 is 11.6 Å². The molecule has 178 valence electrons. The summed E-state index contributed by atoms with van der Waals surface area (Å²) in [5.41, 5.74) is 1.15. The van der Waals surface area contributed by atoms with Gasteiger partial charge in [0, 0.05) is 0 Å². The molecule has 0 radical (unpaired) electrons. The third kappa shape index (κ3) is 5.48. The molecule has 0 saturated heterocycles. The second-order valence-corrected chi connectivity index (χ2v) is 11.2. The molecule has 4 unspecified atom stereocenters. The molecule has 2 heteroatoms. The SMILES string of the molecule is C/C=C/CCc1ccc(C2CCC(C3CCC4CC(CCC)CCC4C3)CC2)c(F)c1F. The van der Waals surface area contributed by atoms with E-state index in [0.717, 1.165) is 48.9 Å². The lowest BCUT2D eigenvalue weighted by atomic mass is 9.60. The topological polar surface area (TPSA) is 0 Å². The first-order valence-corrected chi connectivity index (χ1v) is 13.7. The Kier molecular flexibility index (Phi) is 8.46. The van der Waals surface area contributed by atoms with Crippen LogP contribution in [0.4, 0.5) is 8.78 Å². The summed E-state index contributed by atoms with van der Waals surface area (Å²) >= 11 is 0. The monoisotopic (exact) mass is 442 g/mol. The molecule has 0 N–H and O–H groups in total. The van der Waals surface area contributed by atoms with Crippen LogP contribution in [0.3, 0.4) is 0 Å². The van der Waals surface area contributed by atoms with Crippen LogP contribution < -0.4 is 0 Å². The van der Waals surface area contributed by atoms with Gasteiger partial charge in [-0.2, -0.15) is 0 Å². The molecule has 3 saturated carbocycles. The van der Waals surface area contributed by atoms with Crippen LogP contribution in [0.25, 0.3) is 0 Å². The quantitative estimate of drug-likeness (QED) is 0.369. The lowest BCUT2D eigenvalue weighted by molar-refractivity contribution is 0.0616. The second kappa shape index (κ2) is 11.3. The van der Waals surface area contributed by atoms with Crippen molar-refractivity contribution in [3.8, 4) is 0 Å². The summed E-state index contributed by atoms with van der Waals surface area (Å²) in [6.07, 6.45) is 21.3. The summed E-state index contributed by atoms with van der Waals surface area (Å²) in [5.74, 6) is 3.69. The van der Waals surface area contributed by atoms with Crippen LogP contribution in [0.1, 0.15) is 114 Å². The van der Waals surface area contributed by atoms with Gasteiger partial charge in [0.15, 0.2) is 11.6 Å². The van der Waals surface area contributed by atoms with Crippen LogP contribution in [-0.2, 0) is 6.42 Å². The van der Waals surface area contributed by atoms with Gasteiger partial charge in [-0.25, -0.2) is 8.78 Å². The highest BCUT2D eigenvalue weighted by Crippen LogP contribution is 2.50. The van der Waals surface area contributed by atoms with Crippen molar-refractivity contribution in [2.24, 2.45) is 29.6 Å². The fraction of sp³-hybridized carbons (Fsp3) is 0.733. The first kappa shape index (κ1) is 24.0. The van der Waals surface area contributed by atoms with Crippen molar-refractivity contribution in [2.75, 3.05) is 0 Å². The van der Waals surface area contributed by atoms with Gasteiger partial charge in [-0.05, 0) is 124 Å². The smallest absolute Gasteiger partial charge is 0.162 e. The maximum absolute atomic E-state index is 14.9. The van der Waals surface area contributed by atoms with Crippen molar-refractivity contribution in [1.82, 2.24) is 0 Å². The summed E-state index contributed by atoms with van der Waals surface area (Å²) in [5, 5.41) is 0. The Bertz CT molecular complexity index is 758. The normalized spacial score (nSPS) is 33.4. The molecule has 4 rings (SSSR count). The molecule has 3 aliphatic rings. The van der Waals surface area contributed by atoms with Crippen molar-refractivity contribution >= 4 is 0 Å². The zero-order valence-electron chi connectivity index (χ0n) is 20.4. The summed E-state index contributed by atoms with van der Waals surface area (Å²) in [4.78, 5) is 0. The predicted octanol–water partition coefficient (Wildman–Crippen LogP) is 9.38. The van der Waals surface area contributed by atoms with E-state index in [1.54, 1.807) is 0 Å². The van der Waals surface area contributed by atoms with Gasteiger partial charge in [0.1, 0.15) is 0 Å². The average Bonchev–Trinajstić information content (AvgIpc) is 2.82. The molecule has 32 heavy (non-hydrogen) atoms. The number of rotatable bonds is 7. The van der Waals surface area contributed by atoms with Crippen LogP contribution >= 0.6 is 0 Å². The third-order valence-corrected chi connectivity index (χ3v) is 9.35. The summed E-state index contributed by atoms with van der Waals surface area (Å²) in [6.45, 7) is 4.29. The Balaban J connectivity index is 1.30. The number of hydrogen-bond donors (Lipinski definition) is 0. The van der Waals surface area contributed by atoms with Crippen LogP contribution in [0.5, 0.6) is 0 Å². The predicted molar refractivity (Wildman–Crippen MR) is 131 cm³/mol. The molecule has 0 amide bonds. The van der Waals surface area contributed by atoms with E-state index in [-0.39, 0.29) is 5.92 Å². The Labute approximate surface area is 195 Å². The second-order valence-electron chi connectivity index (χ2n) is 11.2. The zero-order chi connectivity index (χ0) is 22.5. The van der Waals surface area contributed by atoms with Crippen molar-refractivity contribution < 1.29 is 8.78 Å². The standard InChI is InChI=1S/C30H44F2/c1-3-5-6-8-24-17-18-28(30(32)29(24)31)23-13-11-22(12-14-23)26-16-15-25-19-21(7-4-2)9-10-27(25)20-26/h3,5,17-18,21-23,25-27H,4,6-16,19-20H2,1-2H3/b5-3+. The number of hydrogen-bond acceptors (Lipinski definition) is 0. The first-order chi connectivity index (χ1) is 15.6. The van der Waals surface area contributed by atoms with E-state index in [0.29, 0.717) is 17.5 Å². The van der Waals surface area contributed by atoms with Crippen molar-refractivity contribution in [3.05, 3.63) is 47.0 Å². The fourth-order valence-corrected chi connectivity index (χ4v) is 7.54. The van der Waals surface area contributed by atoms with E-state index in [1.807, 2.05) is 31.2 Å². The summed E-state index contributed by atoms with van der Waals surface area (Å²) < 4.78 is 29.5. The molecular weight excluding hydrogens is 398 g/mol. The molecule has 0 heterocycles. The van der Waals surface area contributed by atoms with E-state index >= 15 is 0 Å². The summed E-state index contributed by atoms with van der Waals surface area (Å²) in [7, 11) is 0. The minimum absolute atomic E-state index is 0.200. The van der Waals surface area contributed by atoms with Gasteiger partial charge in [0.05, 0.1) is 0 Å². The molecule has 0 nitrogen and oxygen atoms in total. The van der Waals surface area contributed by atoms with Crippen LogP contribution in [0.2, 0.25) is 0 Å². The van der Waals surface area contributed by atoms with Crippen molar-refractivity contribution in [1.29, 1.82) is 0 Å². The molecule has 0 aromatic heterocycles. The number of halogens is 2. The molecule has 3 aliphatic carbocycles. The molecule has 1 aromatic carbocycles. The number of aryl methyl sites for hydroxylation is 1. The Hall–Kier alpha value is -1.18. The highest BCUT2D eigenvalue weighted by molar-refractivity contribution is 5.29. The Morgan fingerprint density at radius 3 is 2.19 bits per heavy atom. The molecule has 0 spiro atoms. The largest absolute Gasteiger partial charge is 0.203 e. The number of allylic oxidation sites excluding steroid dienone is 2. The van der Waals surface area contributed by atoms with Gasteiger partial charge in [0.2, 0.25) is 0 Å². The number of fused-ring (bicyclic) bond motifs is 1. The van der Waals surface area contributed by atoms with Crippen LogP contribution in [0.15, 0.2) is 24.3 Å². The lowest BCUT2D eigenvalue weighted by Crippen LogP contribution is -2.34. The highest BCUT2D eigenvalue weighted by atomic mass is 19.2. The first-order valence-electron chi connectivity index (χ1n) is 13.7. The minimum Gasteiger partial charge on any atom is -0.203 e. The zero-order valence-corrected chi connectivity index (χ0v) is 20.4. The Morgan fingerprint density at radius 1 is 0.812 bits per heavy atom. The van der Waals surface area contributed by atoms with Gasteiger partial charge in [-0.3, -0.25) is 0 Å². The maximum atomic E-state index is 14.9. The van der Waals surface area contributed by atoms with Gasteiger partial charge in [-0.1, -0.05) is 50.5 Å². The fourth-order valence-electron chi connectivity index (χ4n) is 7.54. The molecule has 4 atom stereocenters. The Morgan fingerprint density at radius 2 is 1.47 bits per heavy atom. The minimum atomic E-state index is -0.605. The molecule has 0 bridgehead atoms. The van der Waals surface area contributed by atoms with E-state index in [1.165, 1.54) is 64.2 Å². The third-order valence-electron chi connectivity index (χ3n) is 9.35. The van der Waals surface area contributed by atoms with Crippen molar-refractivity contribution in [2.45, 2.75) is 110 Å². The van der Waals surface area contributed by atoms with Crippen LogP contribution in [0, 0.1) is 41.2 Å². The molecular formula is C30H44F2. The molecule has 3 fully saturated rings. The van der Waals surface area contributed by atoms with Gasteiger partial charge in [0.25, 0.3) is 0 Å². The average molecular weight is 443 g/mol. The van der Waals surface area contributed by atoms with E-state index in [4.69, 9.17) is 0 Å². The molecule has 0 aliphatic heterocycles. The number of benzene rings is 1. The van der Waals surface area contributed by atoms with Gasteiger partial charge >= 0.3 is 0 Å². The van der Waals surface area contributed by atoms with Gasteiger partial charge < -0.3 is 0 Å². The lowest BCUT2D eigenvalue weighted by Gasteiger charge is -2.45. The van der Waals surface area contributed by atoms with E-state index in [2.05, 4.69) is 6.92 Å². The van der Waals surface area contributed by atoms with Crippen molar-refractivity contribution in [3.63, 3.8) is 0 Å². The van der Waals surface area contributed by atoms with E-state index in [9.17, 15) is 8.78 Å². The highest BCUT2D eigenvalue weighted by Gasteiger charge is 2.39. The van der Waals surface area contributed by atoms with Crippen LogP contribution in [-0.4, -0.2) is 0 Å². The molecule has 1 aromatic rings. The van der Waals surface area contributed by atoms with Gasteiger partial charge in [-0.15, -0.1) is 0 Å².